The molecule has 12 heteroatoms. The van der Waals surface area contributed by atoms with E-state index in [4.69, 9.17) is 27.9 Å². The van der Waals surface area contributed by atoms with Crippen molar-refractivity contribution < 1.29 is 4.74 Å². The Balaban J connectivity index is 0.000000221. The number of benzene rings is 2. The van der Waals surface area contributed by atoms with Crippen LogP contribution in [0.2, 0.25) is 35.7 Å². The molecule has 0 spiro atoms. The third kappa shape index (κ3) is 6.84. The molecule has 0 aliphatic rings. The van der Waals surface area contributed by atoms with Gasteiger partial charge in [0.25, 0.3) is 11.1 Å². The van der Waals surface area contributed by atoms with E-state index in [-0.39, 0.29) is 17.8 Å². The molecule has 1 N–H and O–H groups in total. The first-order valence-electron chi connectivity index (χ1n) is 11.1. The highest BCUT2D eigenvalue weighted by Gasteiger charge is 2.15. The molecule has 4 aromatic rings. The summed E-state index contributed by atoms with van der Waals surface area (Å²) >= 11 is 18.8. The number of rotatable bonds is 5. The second-order valence-corrected chi connectivity index (χ2v) is 17.5. The van der Waals surface area contributed by atoms with E-state index in [1.54, 1.807) is 38.1 Å². The van der Waals surface area contributed by atoms with Gasteiger partial charge in [0.2, 0.25) is 0 Å². The van der Waals surface area contributed by atoms with Crippen LogP contribution in [0, 0.1) is 13.8 Å². The lowest BCUT2D eigenvalue weighted by Crippen LogP contribution is -2.27. The number of nitrogens with zero attached hydrogens (tertiary/aromatic N) is 3. The zero-order valence-corrected chi connectivity index (χ0v) is 26.2. The van der Waals surface area contributed by atoms with Gasteiger partial charge < -0.3 is 9.72 Å². The van der Waals surface area contributed by atoms with Crippen LogP contribution in [0.15, 0.2) is 42.8 Å². The Morgan fingerprint density at radius 3 is 2.08 bits per heavy atom. The van der Waals surface area contributed by atoms with E-state index < -0.39 is 8.07 Å². The number of halogens is 4. The lowest BCUT2D eigenvalue weighted by atomic mass is 10.2. The molecule has 2 aromatic carbocycles. The number of aryl methyl sites for hydroxylation is 2. The van der Waals surface area contributed by atoms with Crippen molar-refractivity contribution in [3.05, 3.63) is 75.6 Å². The summed E-state index contributed by atoms with van der Waals surface area (Å²) in [4.78, 5) is 35.5. The summed E-state index contributed by atoms with van der Waals surface area (Å²) in [7, 11) is -1.14. The highest BCUT2D eigenvalue weighted by atomic mass is 79.9. The summed E-state index contributed by atoms with van der Waals surface area (Å²) in [6.45, 7) is 11.3. The first kappa shape index (κ1) is 29.0. The molecule has 0 amide bonds. The van der Waals surface area contributed by atoms with E-state index in [2.05, 4.69) is 66.5 Å². The van der Waals surface area contributed by atoms with E-state index >= 15 is 0 Å². The predicted octanol–water partition coefficient (Wildman–Crippen LogP) is 7.08. The van der Waals surface area contributed by atoms with Crippen molar-refractivity contribution in [3.63, 3.8) is 0 Å². The summed E-state index contributed by atoms with van der Waals surface area (Å²) < 4.78 is 8.60. The number of hydrogen-bond acceptors (Lipinski definition) is 5. The summed E-state index contributed by atoms with van der Waals surface area (Å²) in [5.74, 6) is 1.21. The summed E-state index contributed by atoms with van der Waals surface area (Å²) in [5, 5.41) is 1.64. The van der Waals surface area contributed by atoms with Gasteiger partial charge in [-0.2, -0.15) is 0 Å². The first-order valence-corrected chi connectivity index (χ1v) is 17.1. The second-order valence-electron chi connectivity index (χ2n) is 9.40. The van der Waals surface area contributed by atoms with Gasteiger partial charge in [0.05, 0.1) is 31.9 Å². The van der Waals surface area contributed by atoms with Gasteiger partial charge in [-0.1, -0.05) is 42.8 Å². The number of hydrogen-bond donors (Lipinski definition) is 1. The average Bonchev–Trinajstić information content (AvgIpc) is 2.77. The molecule has 2 heterocycles. The molecule has 0 unspecified atom stereocenters. The Kier molecular flexibility index (Phi) is 9.56. The molecule has 0 atom stereocenters. The molecule has 4 rings (SSSR count). The minimum absolute atomic E-state index is 0.165. The molecular weight excluding hydrogens is 651 g/mol. The Labute approximate surface area is 236 Å². The standard InChI is InChI=1S/C15H20BrClN2O2Si.C9H6BrClN2O/c1-10-18-12-6-5-11(16)14(17)13(12)15(20)19(10)9-21-7-8-22(2,3)4;1-4-12-6-3-2-5(10)8(11)7(6)9(14)13-4/h5-6H,7-9H2,1-4H3;2-3H,1H3,(H,12,13,14). The quantitative estimate of drug-likeness (QED) is 0.180. The fourth-order valence-corrected chi connectivity index (χ4v) is 5.23. The molecule has 0 bridgehead atoms. The van der Waals surface area contributed by atoms with Crippen LogP contribution in [0.5, 0.6) is 0 Å². The summed E-state index contributed by atoms with van der Waals surface area (Å²) in [6, 6.07) is 8.18. The third-order valence-electron chi connectivity index (χ3n) is 5.30. The molecule has 192 valence electrons. The zero-order chi connectivity index (χ0) is 26.8. The molecule has 0 radical (unpaired) electrons. The second kappa shape index (κ2) is 11.9. The Morgan fingerprint density at radius 1 is 0.944 bits per heavy atom. The van der Waals surface area contributed by atoms with Crippen LogP contribution in [0.25, 0.3) is 21.8 Å². The largest absolute Gasteiger partial charge is 0.361 e. The van der Waals surface area contributed by atoms with E-state index in [1.165, 1.54) is 4.57 Å². The maximum absolute atomic E-state index is 12.7. The molecule has 0 saturated carbocycles. The molecular formula is C24H26Br2Cl2N4O3Si. The van der Waals surface area contributed by atoms with Gasteiger partial charge in [-0.3, -0.25) is 14.2 Å². The predicted molar refractivity (Wildman–Crippen MR) is 157 cm³/mol. The van der Waals surface area contributed by atoms with Gasteiger partial charge in [-0.05, 0) is 76.0 Å². The summed E-state index contributed by atoms with van der Waals surface area (Å²) in [6.07, 6.45) is 0. The maximum Gasteiger partial charge on any atom is 0.264 e. The monoisotopic (exact) mass is 674 g/mol. The maximum atomic E-state index is 12.7. The van der Waals surface area contributed by atoms with E-state index in [0.29, 0.717) is 59.1 Å². The van der Waals surface area contributed by atoms with E-state index in [1.807, 2.05) is 0 Å². The SMILES string of the molecule is Cc1nc2ccc(Br)c(Cl)c2c(=O)[nH]1.Cc1nc2ccc(Br)c(Cl)c2c(=O)n1COCC[Si](C)(C)C. The van der Waals surface area contributed by atoms with Crippen molar-refractivity contribution in [2.45, 2.75) is 46.3 Å². The van der Waals surface area contributed by atoms with Gasteiger partial charge in [0.15, 0.2) is 0 Å². The molecule has 36 heavy (non-hydrogen) atoms. The van der Waals surface area contributed by atoms with Gasteiger partial charge in [-0.15, -0.1) is 0 Å². The van der Waals surface area contributed by atoms with Crippen molar-refractivity contribution in [1.82, 2.24) is 19.5 Å². The fourth-order valence-electron chi connectivity index (χ4n) is 3.32. The van der Waals surface area contributed by atoms with Crippen LogP contribution in [0.1, 0.15) is 11.6 Å². The minimum atomic E-state index is -1.14. The average molecular weight is 677 g/mol. The summed E-state index contributed by atoms with van der Waals surface area (Å²) in [5.41, 5.74) is 0.842. The number of aromatic nitrogens is 4. The normalized spacial score (nSPS) is 11.6. The van der Waals surface area contributed by atoms with Crippen molar-refractivity contribution in [1.29, 1.82) is 0 Å². The van der Waals surface area contributed by atoms with Gasteiger partial charge >= 0.3 is 0 Å². The molecule has 7 nitrogen and oxygen atoms in total. The lowest BCUT2D eigenvalue weighted by molar-refractivity contribution is 0.0829. The number of aromatic amines is 1. The number of ether oxygens (including phenoxy) is 1. The fraction of sp³-hybridized carbons (Fsp3) is 0.333. The number of fused-ring (bicyclic) bond motifs is 2. The molecule has 0 aliphatic heterocycles. The molecule has 2 aromatic heterocycles. The Hall–Kier alpha value is -1.56. The van der Waals surface area contributed by atoms with E-state index in [0.717, 1.165) is 6.04 Å². The van der Waals surface area contributed by atoms with Crippen molar-refractivity contribution in [2.24, 2.45) is 0 Å². The minimum Gasteiger partial charge on any atom is -0.361 e. The molecule has 0 aliphatic carbocycles. The van der Waals surface area contributed by atoms with Crippen molar-refractivity contribution >= 4 is 84.9 Å². The molecule has 0 fully saturated rings. The highest BCUT2D eigenvalue weighted by molar-refractivity contribution is 9.10. The van der Waals surface area contributed by atoms with Gasteiger partial charge in [0.1, 0.15) is 18.4 Å². The smallest absolute Gasteiger partial charge is 0.264 e. The van der Waals surface area contributed by atoms with Crippen LogP contribution < -0.4 is 11.1 Å². The Bertz CT molecular complexity index is 1550. The van der Waals surface area contributed by atoms with E-state index in [9.17, 15) is 9.59 Å². The number of nitrogens with one attached hydrogen (secondary N) is 1. The Morgan fingerprint density at radius 2 is 1.50 bits per heavy atom. The van der Waals surface area contributed by atoms with Crippen LogP contribution in [-0.2, 0) is 11.5 Å². The topological polar surface area (TPSA) is 89.9 Å². The van der Waals surface area contributed by atoms with Crippen LogP contribution >= 0.6 is 55.1 Å². The van der Waals surface area contributed by atoms with Crippen LogP contribution in [0.3, 0.4) is 0 Å². The molecule has 0 saturated heterocycles. The third-order valence-corrected chi connectivity index (χ3v) is 9.57. The van der Waals surface area contributed by atoms with Crippen molar-refractivity contribution in [2.75, 3.05) is 6.61 Å². The highest BCUT2D eigenvalue weighted by Crippen LogP contribution is 2.29. The zero-order valence-electron chi connectivity index (χ0n) is 20.5. The lowest BCUT2D eigenvalue weighted by Gasteiger charge is -2.16. The van der Waals surface area contributed by atoms with Gasteiger partial charge in [-0.25, -0.2) is 9.97 Å². The van der Waals surface area contributed by atoms with Crippen molar-refractivity contribution in [3.8, 4) is 0 Å². The number of H-pyrrole nitrogens is 1. The van der Waals surface area contributed by atoms with Crippen LogP contribution in [-0.4, -0.2) is 34.2 Å². The van der Waals surface area contributed by atoms with Crippen LogP contribution in [0.4, 0.5) is 0 Å². The first-order chi connectivity index (χ1) is 16.8. The van der Waals surface area contributed by atoms with Gasteiger partial charge in [0, 0.05) is 23.6 Å².